The van der Waals surface area contributed by atoms with E-state index in [-0.39, 0.29) is 12.5 Å². The SMILES string of the molecule is CCOC(=O)c1c(-c2ccc(C)c(C)c2)csc1NC(=O)[C@@H]1CCCC[C@H]1C(=O)[O-]. The van der Waals surface area contributed by atoms with E-state index in [0.29, 0.717) is 29.0 Å². The molecular formula is C23H26NO5S-. The second-order valence-corrected chi connectivity index (χ2v) is 8.56. The Hall–Kier alpha value is -2.67. The maximum atomic E-state index is 12.9. The van der Waals surface area contributed by atoms with Gasteiger partial charge in [-0.15, -0.1) is 11.3 Å². The molecule has 7 heteroatoms. The molecular weight excluding hydrogens is 402 g/mol. The Morgan fingerprint density at radius 2 is 1.83 bits per heavy atom. The van der Waals surface area contributed by atoms with Crippen molar-refractivity contribution in [3.05, 3.63) is 40.3 Å². The first-order valence-electron chi connectivity index (χ1n) is 10.2. The predicted molar refractivity (Wildman–Crippen MR) is 114 cm³/mol. The molecule has 1 saturated carbocycles. The third kappa shape index (κ3) is 4.56. The summed E-state index contributed by atoms with van der Waals surface area (Å²) >= 11 is 1.24. The van der Waals surface area contributed by atoms with Gasteiger partial charge in [-0.1, -0.05) is 31.0 Å². The van der Waals surface area contributed by atoms with E-state index in [2.05, 4.69) is 5.32 Å². The van der Waals surface area contributed by atoms with Crippen LogP contribution >= 0.6 is 11.3 Å². The van der Waals surface area contributed by atoms with Crippen LogP contribution in [0.5, 0.6) is 0 Å². The van der Waals surface area contributed by atoms with Gasteiger partial charge < -0.3 is 20.0 Å². The number of aliphatic carboxylic acids is 1. The maximum absolute atomic E-state index is 12.9. The first-order chi connectivity index (χ1) is 14.3. The molecule has 30 heavy (non-hydrogen) atoms. The third-order valence-electron chi connectivity index (χ3n) is 5.73. The highest BCUT2D eigenvalue weighted by molar-refractivity contribution is 7.15. The number of nitrogens with one attached hydrogen (secondary N) is 1. The van der Waals surface area contributed by atoms with Crippen molar-refractivity contribution in [2.45, 2.75) is 46.5 Å². The van der Waals surface area contributed by atoms with Crippen LogP contribution in [0.25, 0.3) is 11.1 Å². The molecule has 160 valence electrons. The number of amides is 1. The molecule has 0 spiro atoms. The third-order valence-corrected chi connectivity index (χ3v) is 6.63. The minimum absolute atomic E-state index is 0.212. The molecule has 1 aromatic heterocycles. The van der Waals surface area contributed by atoms with E-state index in [0.717, 1.165) is 29.5 Å². The first-order valence-corrected chi connectivity index (χ1v) is 11.1. The Bertz CT molecular complexity index is 964. The van der Waals surface area contributed by atoms with Gasteiger partial charge in [0.25, 0.3) is 0 Å². The molecule has 1 heterocycles. The smallest absolute Gasteiger partial charge is 0.341 e. The van der Waals surface area contributed by atoms with Crippen LogP contribution in [-0.4, -0.2) is 24.5 Å². The summed E-state index contributed by atoms with van der Waals surface area (Å²) in [5.74, 6) is -3.55. The number of hydrogen-bond donors (Lipinski definition) is 1. The number of ether oxygens (including phenoxy) is 1. The number of aryl methyl sites for hydroxylation is 2. The predicted octanol–water partition coefficient (Wildman–Crippen LogP) is 3.70. The molecule has 0 bridgehead atoms. The number of carboxylic acid groups (broad SMARTS) is 1. The van der Waals surface area contributed by atoms with Crippen LogP contribution in [0.15, 0.2) is 23.6 Å². The van der Waals surface area contributed by atoms with Crippen molar-refractivity contribution in [3.63, 3.8) is 0 Å². The standard InChI is InChI=1S/C23H27NO5S/c1-4-29-23(28)19-18(15-10-9-13(2)14(3)11-15)12-30-21(19)24-20(25)16-7-5-6-8-17(16)22(26)27/h9-12,16-17H,4-8H2,1-3H3,(H,24,25)(H,26,27)/p-1/t16-,17-/m1/s1. The van der Waals surface area contributed by atoms with Crippen molar-refractivity contribution in [2.75, 3.05) is 11.9 Å². The molecule has 2 atom stereocenters. The lowest BCUT2D eigenvalue weighted by Gasteiger charge is -2.31. The lowest BCUT2D eigenvalue weighted by atomic mass is 9.79. The molecule has 1 fully saturated rings. The highest BCUT2D eigenvalue weighted by atomic mass is 32.1. The zero-order valence-electron chi connectivity index (χ0n) is 17.4. The molecule has 1 aliphatic rings. The molecule has 0 unspecified atom stereocenters. The van der Waals surface area contributed by atoms with Crippen LogP contribution in [0, 0.1) is 25.7 Å². The number of carbonyl (C=O) groups excluding carboxylic acids is 3. The molecule has 0 aliphatic heterocycles. The van der Waals surface area contributed by atoms with Crippen molar-refractivity contribution in [2.24, 2.45) is 11.8 Å². The number of carboxylic acids is 1. The van der Waals surface area contributed by atoms with Crippen molar-refractivity contribution in [1.82, 2.24) is 0 Å². The normalized spacial score (nSPS) is 18.6. The number of carbonyl (C=O) groups is 3. The number of rotatable bonds is 6. The van der Waals surface area contributed by atoms with Crippen molar-refractivity contribution >= 4 is 34.2 Å². The monoisotopic (exact) mass is 428 g/mol. The van der Waals surface area contributed by atoms with E-state index in [1.165, 1.54) is 11.3 Å². The number of thiophene rings is 1. The van der Waals surface area contributed by atoms with Gasteiger partial charge in [-0.2, -0.15) is 0 Å². The summed E-state index contributed by atoms with van der Waals surface area (Å²) < 4.78 is 5.24. The minimum Gasteiger partial charge on any atom is -0.550 e. The van der Waals surface area contributed by atoms with Gasteiger partial charge in [-0.25, -0.2) is 4.79 Å². The van der Waals surface area contributed by atoms with Crippen LogP contribution in [-0.2, 0) is 14.3 Å². The van der Waals surface area contributed by atoms with Crippen molar-refractivity contribution in [3.8, 4) is 11.1 Å². The summed E-state index contributed by atoms with van der Waals surface area (Å²) in [5, 5.41) is 16.5. The lowest BCUT2D eigenvalue weighted by Crippen LogP contribution is -2.42. The fraction of sp³-hybridized carbons (Fsp3) is 0.435. The Labute approximate surface area is 180 Å². The van der Waals surface area contributed by atoms with Crippen LogP contribution in [0.2, 0.25) is 0 Å². The Balaban J connectivity index is 1.95. The van der Waals surface area contributed by atoms with Gasteiger partial charge in [0.2, 0.25) is 5.91 Å². The van der Waals surface area contributed by atoms with Gasteiger partial charge >= 0.3 is 5.97 Å². The highest BCUT2D eigenvalue weighted by Gasteiger charge is 2.33. The van der Waals surface area contributed by atoms with Gasteiger partial charge in [0.1, 0.15) is 10.6 Å². The summed E-state index contributed by atoms with van der Waals surface area (Å²) in [6.45, 7) is 5.96. The highest BCUT2D eigenvalue weighted by Crippen LogP contribution is 2.38. The van der Waals surface area contributed by atoms with Crippen LogP contribution in [0.3, 0.4) is 0 Å². The molecule has 1 N–H and O–H groups in total. The van der Waals surface area contributed by atoms with E-state index in [1.54, 1.807) is 6.92 Å². The molecule has 1 amide bonds. The van der Waals surface area contributed by atoms with Crippen LogP contribution in [0.4, 0.5) is 5.00 Å². The van der Waals surface area contributed by atoms with E-state index in [4.69, 9.17) is 4.74 Å². The van der Waals surface area contributed by atoms with Crippen molar-refractivity contribution < 1.29 is 24.2 Å². The van der Waals surface area contributed by atoms with Gasteiger partial charge in [0, 0.05) is 28.7 Å². The Kier molecular flexibility index (Phi) is 6.92. The van der Waals surface area contributed by atoms with Crippen molar-refractivity contribution in [1.29, 1.82) is 0 Å². The molecule has 1 aliphatic carbocycles. The zero-order chi connectivity index (χ0) is 21.8. The van der Waals surface area contributed by atoms with Gasteiger partial charge in [0.15, 0.2) is 0 Å². The summed E-state index contributed by atoms with van der Waals surface area (Å²) in [6, 6.07) is 5.92. The lowest BCUT2D eigenvalue weighted by molar-refractivity contribution is -0.313. The van der Waals surface area contributed by atoms with Gasteiger partial charge in [-0.3, -0.25) is 4.79 Å². The van der Waals surface area contributed by atoms with Crippen LogP contribution < -0.4 is 10.4 Å². The number of esters is 1. The summed E-state index contributed by atoms with van der Waals surface area (Å²) in [6.07, 6.45) is 2.50. The number of hydrogen-bond acceptors (Lipinski definition) is 6. The average molecular weight is 429 g/mol. The fourth-order valence-electron chi connectivity index (χ4n) is 3.91. The number of anilines is 1. The molecule has 0 saturated heterocycles. The van der Waals surface area contributed by atoms with E-state index in [1.807, 2.05) is 37.4 Å². The molecule has 0 radical (unpaired) electrons. The second-order valence-electron chi connectivity index (χ2n) is 7.68. The summed E-state index contributed by atoms with van der Waals surface area (Å²) in [7, 11) is 0. The largest absolute Gasteiger partial charge is 0.550 e. The van der Waals surface area contributed by atoms with Gasteiger partial charge in [-0.05, 0) is 50.3 Å². The second kappa shape index (κ2) is 9.43. The molecule has 1 aromatic carbocycles. The van der Waals surface area contributed by atoms with E-state index >= 15 is 0 Å². The summed E-state index contributed by atoms with van der Waals surface area (Å²) in [4.78, 5) is 37.1. The van der Waals surface area contributed by atoms with E-state index < -0.39 is 23.8 Å². The minimum atomic E-state index is -1.19. The maximum Gasteiger partial charge on any atom is 0.341 e. The van der Waals surface area contributed by atoms with E-state index in [9.17, 15) is 19.5 Å². The quantitative estimate of drug-likeness (QED) is 0.708. The summed E-state index contributed by atoms with van der Waals surface area (Å²) in [5.41, 5.74) is 4.10. The Morgan fingerprint density at radius 3 is 2.47 bits per heavy atom. The first kappa shape index (κ1) is 22.0. The Morgan fingerprint density at radius 1 is 1.13 bits per heavy atom. The van der Waals surface area contributed by atoms with Gasteiger partial charge in [0.05, 0.1) is 6.61 Å². The number of benzene rings is 1. The average Bonchev–Trinajstić information content (AvgIpc) is 3.13. The molecule has 6 nitrogen and oxygen atoms in total. The molecule has 2 aromatic rings. The topological polar surface area (TPSA) is 95.5 Å². The zero-order valence-corrected chi connectivity index (χ0v) is 18.3. The fourth-order valence-corrected chi connectivity index (χ4v) is 4.87. The van der Waals surface area contributed by atoms with Crippen LogP contribution in [0.1, 0.15) is 54.1 Å². The molecule has 3 rings (SSSR count).